The van der Waals surface area contributed by atoms with Gasteiger partial charge in [0.2, 0.25) is 5.76 Å². The highest BCUT2D eigenvalue weighted by Crippen LogP contribution is 2.46. The van der Waals surface area contributed by atoms with E-state index in [1.54, 1.807) is 55.5 Å². The molecule has 1 atom stereocenters. The Morgan fingerprint density at radius 1 is 1.03 bits per heavy atom. The van der Waals surface area contributed by atoms with Crippen molar-refractivity contribution in [3.63, 3.8) is 0 Å². The number of fused-ring (bicyclic) bond motifs is 3. The summed E-state index contributed by atoms with van der Waals surface area (Å²) in [5, 5.41) is 0.904. The average Bonchev–Trinajstić information content (AvgIpc) is 3.46. The van der Waals surface area contributed by atoms with Crippen molar-refractivity contribution in [3.8, 4) is 11.5 Å². The number of hydrogen-bond acceptors (Lipinski definition) is 7. The van der Waals surface area contributed by atoms with Gasteiger partial charge in [0.1, 0.15) is 23.1 Å². The van der Waals surface area contributed by atoms with Gasteiger partial charge >= 0.3 is 0 Å². The lowest BCUT2D eigenvalue weighted by Crippen LogP contribution is -2.29. The van der Waals surface area contributed by atoms with E-state index in [4.69, 9.17) is 18.9 Å². The summed E-state index contributed by atoms with van der Waals surface area (Å²) in [6.07, 6.45) is 0.897. The molecule has 1 aliphatic heterocycles. The number of aryl methyl sites for hydroxylation is 1. The number of nitrogens with zero attached hydrogens (tertiary/aromatic N) is 2. The standard InChI is InChI=1S/C28H22N2O5S/c1-4-15-9-12-19-22(13-15)36-28(29-19)30-24(17-11-10-16(33-2)14-21(17)34-3)23-25(31)18-7-5-6-8-20(18)35-26(23)27(30)32/h5-14,24H,4H2,1-3H3/t24-/m0/s1. The number of thiazole rings is 1. The van der Waals surface area contributed by atoms with Gasteiger partial charge in [-0.25, -0.2) is 4.98 Å². The number of para-hydroxylation sites is 1. The number of ether oxygens (including phenoxy) is 2. The number of amides is 1. The average molecular weight is 499 g/mol. The molecular weight excluding hydrogens is 476 g/mol. The van der Waals surface area contributed by atoms with E-state index in [0.717, 1.165) is 16.6 Å². The highest BCUT2D eigenvalue weighted by atomic mass is 32.1. The fourth-order valence-electron chi connectivity index (χ4n) is 4.74. The zero-order chi connectivity index (χ0) is 25.0. The van der Waals surface area contributed by atoms with Crippen molar-refractivity contribution in [1.82, 2.24) is 4.98 Å². The number of hydrogen-bond donors (Lipinski definition) is 0. The molecule has 180 valence electrons. The van der Waals surface area contributed by atoms with Crippen molar-refractivity contribution in [1.29, 1.82) is 0 Å². The Hall–Kier alpha value is -4.17. The molecule has 6 rings (SSSR count). The van der Waals surface area contributed by atoms with Crippen LogP contribution in [-0.4, -0.2) is 25.1 Å². The summed E-state index contributed by atoms with van der Waals surface area (Å²) in [5.74, 6) is 0.705. The fraction of sp³-hybridized carbons (Fsp3) is 0.179. The number of carbonyl (C=O) groups is 1. The van der Waals surface area contributed by atoms with E-state index >= 15 is 0 Å². The van der Waals surface area contributed by atoms with Crippen molar-refractivity contribution in [2.45, 2.75) is 19.4 Å². The first-order valence-electron chi connectivity index (χ1n) is 11.5. The Balaban J connectivity index is 1.64. The Kier molecular flexibility index (Phi) is 5.26. The Morgan fingerprint density at radius 2 is 1.86 bits per heavy atom. The lowest BCUT2D eigenvalue weighted by Gasteiger charge is -2.24. The van der Waals surface area contributed by atoms with Crippen LogP contribution in [0.2, 0.25) is 0 Å². The number of aromatic nitrogens is 1. The highest BCUT2D eigenvalue weighted by Gasteiger charge is 2.46. The molecule has 1 aliphatic rings. The van der Waals surface area contributed by atoms with Crippen LogP contribution in [0.15, 0.2) is 69.9 Å². The van der Waals surface area contributed by atoms with Gasteiger partial charge in [-0.1, -0.05) is 36.5 Å². The van der Waals surface area contributed by atoms with Gasteiger partial charge < -0.3 is 13.9 Å². The highest BCUT2D eigenvalue weighted by molar-refractivity contribution is 7.22. The predicted octanol–water partition coefficient (Wildman–Crippen LogP) is 5.73. The second kappa shape index (κ2) is 8.49. The van der Waals surface area contributed by atoms with Gasteiger partial charge in [-0.05, 0) is 48.4 Å². The third kappa shape index (κ3) is 3.29. The number of methoxy groups -OCH3 is 2. The van der Waals surface area contributed by atoms with Crippen LogP contribution in [0.4, 0.5) is 5.13 Å². The molecule has 0 fully saturated rings. The molecule has 0 saturated carbocycles. The third-order valence-corrected chi connectivity index (χ3v) is 7.59. The van der Waals surface area contributed by atoms with Crippen LogP contribution in [0.5, 0.6) is 11.5 Å². The van der Waals surface area contributed by atoms with E-state index in [-0.39, 0.29) is 16.8 Å². The SMILES string of the molecule is CCc1ccc2nc(N3C(=O)c4oc5ccccc5c(=O)c4[C@@H]3c3ccc(OC)cc3OC)sc2c1. The summed E-state index contributed by atoms with van der Waals surface area (Å²) in [7, 11) is 3.12. The molecule has 0 spiro atoms. The summed E-state index contributed by atoms with van der Waals surface area (Å²) in [6.45, 7) is 2.09. The number of anilines is 1. The molecule has 0 N–H and O–H groups in total. The van der Waals surface area contributed by atoms with Gasteiger partial charge in [-0.2, -0.15) is 0 Å². The summed E-state index contributed by atoms with van der Waals surface area (Å²) >= 11 is 1.41. The van der Waals surface area contributed by atoms with Crippen molar-refractivity contribution < 1.29 is 18.7 Å². The zero-order valence-corrected chi connectivity index (χ0v) is 20.7. The van der Waals surface area contributed by atoms with Crippen molar-refractivity contribution >= 4 is 43.6 Å². The van der Waals surface area contributed by atoms with Crippen LogP contribution in [0.1, 0.15) is 40.2 Å². The van der Waals surface area contributed by atoms with Crippen LogP contribution >= 0.6 is 11.3 Å². The van der Waals surface area contributed by atoms with Crippen LogP contribution in [0, 0.1) is 0 Å². The maximum absolute atomic E-state index is 13.9. The third-order valence-electron chi connectivity index (χ3n) is 6.57. The summed E-state index contributed by atoms with van der Waals surface area (Å²) in [6, 6.07) is 17.6. The van der Waals surface area contributed by atoms with E-state index < -0.39 is 11.9 Å². The zero-order valence-electron chi connectivity index (χ0n) is 19.9. The molecule has 0 aliphatic carbocycles. The van der Waals surface area contributed by atoms with Crippen LogP contribution in [-0.2, 0) is 6.42 Å². The van der Waals surface area contributed by atoms with Crippen molar-refractivity contribution in [2.75, 3.05) is 19.1 Å². The summed E-state index contributed by atoms with van der Waals surface area (Å²) in [4.78, 5) is 34.0. The minimum Gasteiger partial charge on any atom is -0.497 e. The van der Waals surface area contributed by atoms with Crippen LogP contribution < -0.4 is 19.8 Å². The van der Waals surface area contributed by atoms with E-state index in [0.29, 0.717) is 33.2 Å². The molecule has 1 amide bonds. The minimum absolute atomic E-state index is 0.0232. The lowest BCUT2D eigenvalue weighted by atomic mass is 9.97. The monoisotopic (exact) mass is 498 g/mol. The van der Waals surface area contributed by atoms with E-state index in [1.165, 1.54) is 16.9 Å². The second-order valence-corrected chi connectivity index (χ2v) is 9.52. The lowest BCUT2D eigenvalue weighted by molar-refractivity contribution is 0.0971. The van der Waals surface area contributed by atoms with Crippen LogP contribution in [0.25, 0.3) is 21.2 Å². The number of carbonyl (C=O) groups excluding carboxylic acids is 1. The topological polar surface area (TPSA) is 81.9 Å². The summed E-state index contributed by atoms with van der Waals surface area (Å²) in [5.41, 5.74) is 3.01. The molecule has 7 nitrogen and oxygen atoms in total. The van der Waals surface area contributed by atoms with Gasteiger partial charge in [-0.15, -0.1) is 0 Å². The van der Waals surface area contributed by atoms with E-state index in [1.807, 2.05) is 18.2 Å². The quantitative estimate of drug-likeness (QED) is 0.308. The molecule has 3 aromatic carbocycles. The smallest absolute Gasteiger partial charge is 0.297 e. The molecule has 8 heteroatoms. The van der Waals surface area contributed by atoms with Gasteiger partial charge in [0.15, 0.2) is 10.6 Å². The first kappa shape index (κ1) is 22.3. The Bertz CT molecular complexity index is 1720. The molecule has 2 aromatic heterocycles. The molecule has 3 heterocycles. The second-order valence-electron chi connectivity index (χ2n) is 8.51. The molecule has 5 aromatic rings. The van der Waals surface area contributed by atoms with Crippen molar-refractivity contribution in [3.05, 3.63) is 93.3 Å². The number of benzene rings is 3. The minimum atomic E-state index is -0.777. The molecule has 0 bridgehead atoms. The molecule has 0 unspecified atom stereocenters. The molecule has 36 heavy (non-hydrogen) atoms. The predicted molar refractivity (Wildman–Crippen MR) is 140 cm³/mol. The Morgan fingerprint density at radius 3 is 2.64 bits per heavy atom. The van der Waals surface area contributed by atoms with Crippen LogP contribution in [0.3, 0.4) is 0 Å². The Labute approximate surface area is 210 Å². The molecule has 0 saturated heterocycles. The van der Waals surface area contributed by atoms with Gasteiger partial charge in [0.05, 0.1) is 35.4 Å². The maximum atomic E-state index is 13.9. The fourth-order valence-corrected chi connectivity index (χ4v) is 5.79. The van der Waals surface area contributed by atoms with Crippen molar-refractivity contribution in [2.24, 2.45) is 0 Å². The first-order chi connectivity index (χ1) is 17.5. The van der Waals surface area contributed by atoms with Gasteiger partial charge in [-0.3, -0.25) is 14.5 Å². The largest absolute Gasteiger partial charge is 0.497 e. The maximum Gasteiger partial charge on any atom is 0.297 e. The first-order valence-corrected chi connectivity index (χ1v) is 12.4. The van der Waals surface area contributed by atoms with Gasteiger partial charge in [0.25, 0.3) is 5.91 Å². The number of rotatable bonds is 5. The van der Waals surface area contributed by atoms with E-state index in [2.05, 4.69) is 13.0 Å². The van der Waals surface area contributed by atoms with E-state index in [9.17, 15) is 9.59 Å². The van der Waals surface area contributed by atoms with Gasteiger partial charge in [0, 0.05) is 11.6 Å². The molecule has 0 radical (unpaired) electrons. The summed E-state index contributed by atoms with van der Waals surface area (Å²) < 4.78 is 18.1. The normalized spacial score (nSPS) is 15.0. The molecular formula is C28H22N2O5S.